The van der Waals surface area contributed by atoms with Crippen LogP contribution in [-0.2, 0) is 11.3 Å². The molecule has 4 nitrogen and oxygen atoms in total. The lowest BCUT2D eigenvalue weighted by Crippen LogP contribution is -2.29. The van der Waals surface area contributed by atoms with Gasteiger partial charge >= 0.3 is 0 Å². The Balaban J connectivity index is 0.00000220. The Bertz CT molecular complexity index is 552. The molecule has 120 valence electrons. The second-order valence-electron chi connectivity index (χ2n) is 4.79. The quantitative estimate of drug-likeness (QED) is 0.909. The zero-order chi connectivity index (χ0) is 14.4. The molecule has 0 fully saturated rings. The topological polar surface area (TPSA) is 59.2 Å². The van der Waals surface area contributed by atoms with E-state index in [1.54, 1.807) is 18.1 Å². The number of benzene rings is 1. The molecular formula is C16H21Cl2N3O. The first-order valence-electron chi connectivity index (χ1n) is 6.61. The highest BCUT2D eigenvalue weighted by molar-refractivity contribution is 5.85. The average molecular weight is 342 g/mol. The van der Waals surface area contributed by atoms with Gasteiger partial charge in [-0.3, -0.25) is 9.78 Å². The number of hydrogen-bond acceptors (Lipinski definition) is 3. The highest BCUT2D eigenvalue weighted by atomic mass is 35.5. The minimum atomic E-state index is -0.269. The van der Waals surface area contributed by atoms with Crippen molar-refractivity contribution in [2.75, 3.05) is 7.05 Å². The van der Waals surface area contributed by atoms with Gasteiger partial charge in [0, 0.05) is 25.7 Å². The summed E-state index contributed by atoms with van der Waals surface area (Å²) in [6.07, 6.45) is 2.02. The lowest BCUT2D eigenvalue weighted by molar-refractivity contribution is -0.130. The highest BCUT2D eigenvalue weighted by Crippen LogP contribution is 2.14. The fourth-order valence-electron chi connectivity index (χ4n) is 1.98. The van der Waals surface area contributed by atoms with Crippen molar-refractivity contribution >= 4 is 30.7 Å². The Hall–Kier alpha value is -1.62. The molecule has 1 atom stereocenters. The van der Waals surface area contributed by atoms with Crippen LogP contribution < -0.4 is 5.73 Å². The standard InChI is InChI=1S/C16H19N3O.2ClH/c1-19(12-14-9-5-6-10-18-14)16(20)11-15(17)13-7-3-2-4-8-13;;/h2-10,15H,11-12,17H2,1H3;2*1H. The fourth-order valence-corrected chi connectivity index (χ4v) is 1.98. The van der Waals surface area contributed by atoms with E-state index in [1.807, 2.05) is 48.5 Å². The molecule has 22 heavy (non-hydrogen) atoms. The Morgan fingerprint density at radius 1 is 1.14 bits per heavy atom. The molecule has 0 aliphatic carbocycles. The SMILES string of the molecule is CN(Cc1ccccn1)C(=O)CC(N)c1ccccc1.Cl.Cl. The molecule has 1 aromatic carbocycles. The van der Waals surface area contributed by atoms with Crippen LogP contribution >= 0.6 is 24.8 Å². The van der Waals surface area contributed by atoms with Crippen LogP contribution in [0.15, 0.2) is 54.7 Å². The second kappa shape index (κ2) is 10.2. The number of pyridine rings is 1. The van der Waals surface area contributed by atoms with Crippen LogP contribution in [0.1, 0.15) is 23.7 Å². The van der Waals surface area contributed by atoms with Crippen molar-refractivity contribution in [2.24, 2.45) is 5.73 Å². The summed E-state index contributed by atoms with van der Waals surface area (Å²) in [5, 5.41) is 0. The molecule has 0 spiro atoms. The van der Waals surface area contributed by atoms with Crippen molar-refractivity contribution < 1.29 is 4.79 Å². The van der Waals surface area contributed by atoms with Crippen molar-refractivity contribution in [1.29, 1.82) is 0 Å². The third-order valence-electron chi connectivity index (χ3n) is 3.17. The van der Waals surface area contributed by atoms with Gasteiger partial charge in [0.2, 0.25) is 5.91 Å². The zero-order valence-corrected chi connectivity index (χ0v) is 14.0. The number of halogens is 2. The summed E-state index contributed by atoms with van der Waals surface area (Å²) in [5.74, 6) is 0.0204. The first kappa shape index (κ1) is 20.4. The van der Waals surface area contributed by atoms with Crippen molar-refractivity contribution in [3.05, 3.63) is 66.0 Å². The van der Waals surface area contributed by atoms with Gasteiger partial charge in [-0.2, -0.15) is 0 Å². The second-order valence-corrected chi connectivity index (χ2v) is 4.79. The van der Waals surface area contributed by atoms with Gasteiger partial charge in [0.25, 0.3) is 0 Å². The van der Waals surface area contributed by atoms with Gasteiger partial charge in [0.1, 0.15) is 0 Å². The lowest BCUT2D eigenvalue weighted by atomic mass is 10.0. The minimum absolute atomic E-state index is 0. The van der Waals surface area contributed by atoms with Crippen molar-refractivity contribution in [2.45, 2.75) is 19.0 Å². The normalized spacial score (nSPS) is 10.8. The van der Waals surface area contributed by atoms with Crippen LogP contribution in [0, 0.1) is 0 Å². The zero-order valence-electron chi connectivity index (χ0n) is 12.4. The molecular weight excluding hydrogens is 321 g/mol. The predicted octanol–water partition coefficient (Wildman–Crippen LogP) is 2.97. The van der Waals surface area contributed by atoms with Crippen LogP contribution in [0.4, 0.5) is 0 Å². The van der Waals surface area contributed by atoms with Crippen LogP contribution in [0.2, 0.25) is 0 Å². The van der Waals surface area contributed by atoms with E-state index in [0.29, 0.717) is 13.0 Å². The molecule has 1 amide bonds. The molecule has 0 saturated carbocycles. The van der Waals surface area contributed by atoms with E-state index in [1.165, 1.54) is 0 Å². The summed E-state index contributed by atoms with van der Waals surface area (Å²) in [6.45, 7) is 0.501. The molecule has 1 aromatic heterocycles. The maximum Gasteiger partial charge on any atom is 0.224 e. The largest absolute Gasteiger partial charge is 0.340 e. The van der Waals surface area contributed by atoms with E-state index in [2.05, 4.69) is 4.98 Å². The maximum absolute atomic E-state index is 12.1. The molecule has 1 unspecified atom stereocenters. The molecule has 0 aliphatic rings. The smallest absolute Gasteiger partial charge is 0.224 e. The third kappa shape index (κ3) is 6.02. The summed E-state index contributed by atoms with van der Waals surface area (Å²) in [5.41, 5.74) is 7.91. The van der Waals surface area contributed by atoms with E-state index < -0.39 is 0 Å². The molecule has 0 radical (unpaired) electrons. The van der Waals surface area contributed by atoms with Crippen LogP contribution in [0.25, 0.3) is 0 Å². The molecule has 2 rings (SSSR count). The van der Waals surface area contributed by atoms with Crippen LogP contribution in [0.3, 0.4) is 0 Å². The summed E-state index contributed by atoms with van der Waals surface area (Å²) >= 11 is 0. The lowest BCUT2D eigenvalue weighted by Gasteiger charge is -2.19. The van der Waals surface area contributed by atoms with Gasteiger partial charge in [0.05, 0.1) is 12.2 Å². The average Bonchev–Trinajstić information content (AvgIpc) is 2.49. The summed E-state index contributed by atoms with van der Waals surface area (Å²) in [4.78, 5) is 18.0. The monoisotopic (exact) mass is 341 g/mol. The van der Waals surface area contributed by atoms with Crippen molar-refractivity contribution in [3.63, 3.8) is 0 Å². The van der Waals surface area contributed by atoms with Gasteiger partial charge in [-0.25, -0.2) is 0 Å². The minimum Gasteiger partial charge on any atom is -0.340 e. The number of amides is 1. The Morgan fingerprint density at radius 3 is 2.36 bits per heavy atom. The third-order valence-corrected chi connectivity index (χ3v) is 3.17. The van der Waals surface area contributed by atoms with Gasteiger partial charge in [-0.15, -0.1) is 24.8 Å². The summed E-state index contributed by atoms with van der Waals surface area (Å²) < 4.78 is 0. The van der Waals surface area contributed by atoms with Gasteiger partial charge in [-0.1, -0.05) is 36.4 Å². The van der Waals surface area contributed by atoms with E-state index in [9.17, 15) is 4.79 Å². The Morgan fingerprint density at radius 2 is 1.77 bits per heavy atom. The van der Waals surface area contributed by atoms with Gasteiger partial charge in [0.15, 0.2) is 0 Å². The number of hydrogen-bond donors (Lipinski definition) is 1. The van der Waals surface area contributed by atoms with E-state index in [0.717, 1.165) is 11.3 Å². The Labute approximate surface area is 143 Å². The molecule has 0 bridgehead atoms. The number of nitrogens with two attached hydrogens (primary N) is 1. The first-order valence-corrected chi connectivity index (χ1v) is 6.61. The maximum atomic E-state index is 12.1. The number of carbonyl (C=O) groups is 1. The number of aromatic nitrogens is 1. The molecule has 2 aromatic rings. The molecule has 2 N–H and O–H groups in total. The predicted molar refractivity (Wildman–Crippen MR) is 93.2 cm³/mol. The van der Waals surface area contributed by atoms with Crippen LogP contribution in [-0.4, -0.2) is 22.8 Å². The molecule has 1 heterocycles. The van der Waals surface area contributed by atoms with Crippen LogP contribution in [0.5, 0.6) is 0 Å². The number of nitrogens with zero attached hydrogens (tertiary/aromatic N) is 2. The molecule has 6 heteroatoms. The van der Waals surface area contributed by atoms with Crippen molar-refractivity contribution in [1.82, 2.24) is 9.88 Å². The summed E-state index contributed by atoms with van der Waals surface area (Å²) in [6, 6.07) is 15.1. The van der Waals surface area contributed by atoms with Crippen molar-refractivity contribution in [3.8, 4) is 0 Å². The molecule has 0 saturated heterocycles. The Kier molecular flexibility index (Phi) is 9.42. The van der Waals surface area contributed by atoms with E-state index >= 15 is 0 Å². The van der Waals surface area contributed by atoms with Gasteiger partial charge in [-0.05, 0) is 17.7 Å². The number of rotatable bonds is 5. The number of carbonyl (C=O) groups excluding carboxylic acids is 1. The first-order chi connectivity index (χ1) is 9.66. The fraction of sp³-hybridized carbons (Fsp3) is 0.250. The highest BCUT2D eigenvalue weighted by Gasteiger charge is 2.15. The van der Waals surface area contributed by atoms with Gasteiger partial charge < -0.3 is 10.6 Å². The summed E-state index contributed by atoms with van der Waals surface area (Å²) in [7, 11) is 1.77. The van der Waals surface area contributed by atoms with E-state index in [-0.39, 0.29) is 36.8 Å². The van der Waals surface area contributed by atoms with E-state index in [4.69, 9.17) is 5.73 Å². The molecule has 0 aliphatic heterocycles.